The zero-order chi connectivity index (χ0) is 12.2. The number of esters is 1. The van der Waals surface area contributed by atoms with Gasteiger partial charge in [0.25, 0.3) is 0 Å². The number of carbonyl (C=O) groups is 2. The van der Waals surface area contributed by atoms with Crippen LogP contribution >= 0.6 is 0 Å². The van der Waals surface area contributed by atoms with Crippen LogP contribution in [0.5, 0.6) is 0 Å². The van der Waals surface area contributed by atoms with Gasteiger partial charge in [-0.2, -0.15) is 0 Å². The van der Waals surface area contributed by atoms with Crippen molar-refractivity contribution in [2.45, 2.75) is 32.0 Å². The van der Waals surface area contributed by atoms with E-state index in [4.69, 9.17) is 9.84 Å². The maximum absolute atomic E-state index is 10.5. The van der Waals surface area contributed by atoms with E-state index >= 15 is 0 Å². The Morgan fingerprint density at radius 2 is 2.06 bits per heavy atom. The van der Waals surface area contributed by atoms with Gasteiger partial charge < -0.3 is 19.3 Å². The molecule has 2 fully saturated rings. The number of hydrogen-bond acceptors (Lipinski definition) is 5. The fourth-order valence-corrected chi connectivity index (χ4v) is 0.985. The van der Waals surface area contributed by atoms with Crippen LogP contribution in [-0.2, 0) is 23.8 Å². The van der Waals surface area contributed by atoms with Gasteiger partial charge in [0.05, 0.1) is 19.8 Å². The molecule has 0 aromatic rings. The van der Waals surface area contributed by atoms with Crippen LogP contribution in [0, 0.1) is 0 Å². The predicted octanol–water partition coefficient (Wildman–Crippen LogP) is 0.198. The first-order valence-corrected chi connectivity index (χ1v) is 5.21. The summed E-state index contributed by atoms with van der Waals surface area (Å²) in [5, 5.41) is 8.38. The van der Waals surface area contributed by atoms with Crippen molar-refractivity contribution in [3.63, 3.8) is 0 Å². The fourth-order valence-electron chi connectivity index (χ4n) is 0.985. The van der Waals surface area contributed by atoms with Crippen LogP contribution in [0.15, 0.2) is 0 Å². The molecule has 0 radical (unpaired) electrons. The van der Waals surface area contributed by atoms with Gasteiger partial charge in [-0.1, -0.05) is 6.92 Å². The molecule has 0 spiro atoms. The molecule has 0 aliphatic carbocycles. The van der Waals surface area contributed by atoms with Gasteiger partial charge >= 0.3 is 11.9 Å². The smallest absolute Gasteiger partial charge is 0.338 e. The molecule has 92 valence electrons. The summed E-state index contributed by atoms with van der Waals surface area (Å²) in [5.41, 5.74) is -0.792. The van der Waals surface area contributed by atoms with Gasteiger partial charge in [0.1, 0.15) is 0 Å². The molecule has 6 nitrogen and oxygen atoms in total. The number of carboxylic acid groups (broad SMARTS) is 1. The quantitative estimate of drug-likeness (QED) is 0.550. The van der Waals surface area contributed by atoms with Gasteiger partial charge in [0.15, 0.2) is 11.7 Å². The van der Waals surface area contributed by atoms with Crippen molar-refractivity contribution >= 4 is 11.9 Å². The minimum Gasteiger partial charge on any atom is -0.479 e. The second-order valence-corrected chi connectivity index (χ2v) is 3.52. The Morgan fingerprint density at radius 1 is 1.50 bits per heavy atom. The molecule has 2 aliphatic heterocycles. The lowest BCUT2D eigenvalue weighted by Crippen LogP contribution is -2.22. The van der Waals surface area contributed by atoms with E-state index in [-0.39, 0.29) is 12.1 Å². The zero-order valence-corrected chi connectivity index (χ0v) is 9.39. The van der Waals surface area contributed by atoms with Crippen LogP contribution in [0.25, 0.3) is 0 Å². The van der Waals surface area contributed by atoms with Crippen molar-refractivity contribution < 1.29 is 28.9 Å². The number of carboxylic acids is 1. The largest absolute Gasteiger partial charge is 0.479 e. The highest BCUT2D eigenvalue weighted by Gasteiger charge is 2.50. The van der Waals surface area contributed by atoms with Crippen molar-refractivity contribution in [1.29, 1.82) is 0 Å². The summed E-state index contributed by atoms with van der Waals surface area (Å²) in [5.74, 6) is -1.06. The monoisotopic (exact) mass is 232 g/mol. The molecule has 0 aromatic carbocycles. The molecule has 0 saturated carbocycles. The lowest BCUT2D eigenvalue weighted by Gasteiger charge is -1.97. The maximum atomic E-state index is 10.5. The van der Waals surface area contributed by atoms with Crippen LogP contribution in [0.2, 0.25) is 0 Å². The normalized spacial score (nSPS) is 29.8. The van der Waals surface area contributed by atoms with Crippen molar-refractivity contribution in [2.75, 3.05) is 19.8 Å². The van der Waals surface area contributed by atoms with Crippen LogP contribution < -0.4 is 0 Å². The highest BCUT2D eigenvalue weighted by Crippen LogP contribution is 2.30. The molecule has 2 heterocycles. The molecule has 2 atom stereocenters. The van der Waals surface area contributed by atoms with E-state index in [1.807, 2.05) is 0 Å². The molecule has 2 saturated heterocycles. The van der Waals surface area contributed by atoms with E-state index in [1.54, 1.807) is 13.8 Å². The molecule has 1 N–H and O–H groups in total. The lowest BCUT2D eigenvalue weighted by atomic mass is 10.1. The number of rotatable bonds is 4. The maximum Gasteiger partial charge on any atom is 0.338 e. The summed E-state index contributed by atoms with van der Waals surface area (Å²) in [7, 11) is 0. The van der Waals surface area contributed by atoms with Gasteiger partial charge in [-0.3, -0.25) is 0 Å². The predicted molar refractivity (Wildman–Crippen MR) is 53.0 cm³/mol. The minimum absolute atomic E-state index is 0.229. The SMILES string of the molecule is CCC1(C(=O)O)CO1.CCOC(=O)C1CO1. The van der Waals surface area contributed by atoms with E-state index < -0.39 is 11.6 Å². The molecule has 0 aromatic heterocycles. The minimum atomic E-state index is -0.833. The van der Waals surface area contributed by atoms with Crippen molar-refractivity contribution in [3.05, 3.63) is 0 Å². The summed E-state index contributed by atoms with van der Waals surface area (Å²) >= 11 is 0. The third kappa shape index (κ3) is 3.46. The molecule has 2 rings (SSSR count). The average molecular weight is 232 g/mol. The molecule has 2 aliphatic rings. The van der Waals surface area contributed by atoms with E-state index in [2.05, 4.69) is 9.47 Å². The molecular weight excluding hydrogens is 216 g/mol. The summed E-state index contributed by atoms with van der Waals surface area (Å²) < 4.78 is 14.0. The number of aliphatic carboxylic acids is 1. The topological polar surface area (TPSA) is 88.7 Å². The molecule has 16 heavy (non-hydrogen) atoms. The van der Waals surface area contributed by atoms with Crippen molar-refractivity contribution in [3.8, 4) is 0 Å². The molecular formula is C10H16O6. The van der Waals surface area contributed by atoms with Gasteiger partial charge in [-0.15, -0.1) is 0 Å². The van der Waals surface area contributed by atoms with Crippen LogP contribution in [0.4, 0.5) is 0 Å². The summed E-state index contributed by atoms with van der Waals surface area (Å²) in [6.45, 7) is 4.96. The Kier molecular flexibility index (Phi) is 4.26. The van der Waals surface area contributed by atoms with Crippen molar-refractivity contribution in [2.24, 2.45) is 0 Å². The van der Waals surface area contributed by atoms with Crippen LogP contribution in [0.1, 0.15) is 20.3 Å². The zero-order valence-electron chi connectivity index (χ0n) is 9.39. The highest BCUT2D eigenvalue weighted by molar-refractivity contribution is 5.80. The number of ether oxygens (including phenoxy) is 3. The van der Waals surface area contributed by atoms with Crippen molar-refractivity contribution in [1.82, 2.24) is 0 Å². The first-order valence-electron chi connectivity index (χ1n) is 5.21. The first kappa shape index (κ1) is 12.9. The Balaban J connectivity index is 0.000000160. The summed E-state index contributed by atoms with van der Waals surface area (Å²) in [6.07, 6.45) is 0.331. The molecule has 2 unspecified atom stereocenters. The van der Waals surface area contributed by atoms with E-state index in [0.29, 0.717) is 26.2 Å². The summed E-state index contributed by atoms with van der Waals surface area (Å²) in [4.78, 5) is 20.6. The third-order valence-corrected chi connectivity index (χ3v) is 2.34. The number of epoxide rings is 2. The van der Waals surface area contributed by atoms with Crippen LogP contribution in [0.3, 0.4) is 0 Å². The van der Waals surface area contributed by atoms with E-state index in [9.17, 15) is 9.59 Å². The lowest BCUT2D eigenvalue weighted by molar-refractivity contribution is -0.144. The Labute approximate surface area is 93.5 Å². The van der Waals surface area contributed by atoms with Gasteiger partial charge in [-0.25, -0.2) is 9.59 Å². The first-order chi connectivity index (χ1) is 7.55. The summed E-state index contributed by atoms with van der Waals surface area (Å²) in [6, 6.07) is 0. The Morgan fingerprint density at radius 3 is 2.25 bits per heavy atom. The molecule has 0 amide bonds. The highest BCUT2D eigenvalue weighted by atomic mass is 16.6. The standard InChI is InChI=1S/2C5H8O3/c1-2-5(3-8-5)4(6)7;1-2-7-5(6)4-3-8-4/h2-3H2,1H3,(H,6,7);4H,2-3H2,1H3. The van der Waals surface area contributed by atoms with Crippen LogP contribution in [-0.4, -0.2) is 48.6 Å². The second-order valence-electron chi connectivity index (χ2n) is 3.52. The fraction of sp³-hybridized carbons (Fsp3) is 0.800. The van der Waals surface area contributed by atoms with Gasteiger partial charge in [0, 0.05) is 0 Å². The average Bonchev–Trinajstić information content (AvgIpc) is 3.13. The number of hydrogen-bond donors (Lipinski definition) is 1. The molecule has 6 heteroatoms. The molecule has 0 bridgehead atoms. The number of carbonyl (C=O) groups excluding carboxylic acids is 1. The third-order valence-electron chi connectivity index (χ3n) is 2.34. The van der Waals surface area contributed by atoms with Gasteiger partial charge in [-0.05, 0) is 13.3 Å². The van der Waals surface area contributed by atoms with Gasteiger partial charge in [0.2, 0.25) is 0 Å². The Bertz CT molecular complexity index is 264. The van der Waals surface area contributed by atoms with E-state index in [1.165, 1.54) is 0 Å². The van der Waals surface area contributed by atoms with E-state index in [0.717, 1.165) is 0 Å². The Hall–Kier alpha value is -1.14. The second kappa shape index (κ2) is 5.27.